The van der Waals surface area contributed by atoms with Crippen molar-refractivity contribution in [1.82, 2.24) is 5.32 Å². The molecule has 1 saturated heterocycles. The van der Waals surface area contributed by atoms with Crippen LogP contribution in [-0.4, -0.2) is 36.3 Å². The van der Waals surface area contributed by atoms with Gasteiger partial charge in [-0.25, -0.2) is 0 Å². The van der Waals surface area contributed by atoms with Gasteiger partial charge in [0.1, 0.15) is 17.9 Å². The van der Waals surface area contributed by atoms with Crippen LogP contribution in [0, 0.1) is 0 Å². The van der Waals surface area contributed by atoms with Crippen LogP contribution >= 0.6 is 0 Å². The molecule has 0 spiro atoms. The average Bonchev–Trinajstić information content (AvgIpc) is 2.42. The van der Waals surface area contributed by atoms with Crippen molar-refractivity contribution in [2.24, 2.45) is 5.73 Å². The number of aliphatic carboxylic acids is 1. The van der Waals surface area contributed by atoms with E-state index >= 15 is 0 Å². The highest BCUT2D eigenvalue weighted by atomic mass is 16.5. The second-order valence-electron chi connectivity index (χ2n) is 4.86. The summed E-state index contributed by atoms with van der Waals surface area (Å²) in [5, 5.41) is 12.1. The highest BCUT2D eigenvalue weighted by Gasteiger charge is 2.15. The van der Waals surface area contributed by atoms with E-state index in [0.29, 0.717) is 6.42 Å². The number of piperidine rings is 1. The number of benzene rings is 1. The number of rotatable bonds is 5. The van der Waals surface area contributed by atoms with Crippen molar-refractivity contribution in [2.75, 3.05) is 13.1 Å². The molecule has 2 rings (SSSR count). The summed E-state index contributed by atoms with van der Waals surface area (Å²) in [4.78, 5) is 10.7. The van der Waals surface area contributed by atoms with Crippen LogP contribution in [0.25, 0.3) is 0 Å². The van der Waals surface area contributed by atoms with E-state index in [1.807, 2.05) is 24.3 Å². The number of carbonyl (C=O) groups is 1. The van der Waals surface area contributed by atoms with Crippen LogP contribution in [-0.2, 0) is 11.2 Å². The van der Waals surface area contributed by atoms with Gasteiger partial charge >= 0.3 is 5.97 Å². The van der Waals surface area contributed by atoms with E-state index in [1.165, 1.54) is 0 Å². The predicted molar refractivity (Wildman–Crippen MR) is 72.3 cm³/mol. The zero-order valence-corrected chi connectivity index (χ0v) is 10.8. The van der Waals surface area contributed by atoms with Gasteiger partial charge in [0.2, 0.25) is 0 Å². The smallest absolute Gasteiger partial charge is 0.320 e. The van der Waals surface area contributed by atoms with Gasteiger partial charge in [-0.05, 0) is 50.0 Å². The number of carboxylic acids is 1. The Morgan fingerprint density at radius 2 is 2.00 bits per heavy atom. The Balaban J connectivity index is 1.88. The third kappa shape index (κ3) is 4.22. The van der Waals surface area contributed by atoms with Gasteiger partial charge in [0, 0.05) is 0 Å². The molecule has 1 aromatic rings. The minimum Gasteiger partial charge on any atom is -0.490 e. The molecule has 104 valence electrons. The summed E-state index contributed by atoms with van der Waals surface area (Å²) in [7, 11) is 0. The topological polar surface area (TPSA) is 84.6 Å². The molecule has 1 fully saturated rings. The van der Waals surface area contributed by atoms with Crippen LogP contribution in [0.2, 0.25) is 0 Å². The monoisotopic (exact) mass is 264 g/mol. The van der Waals surface area contributed by atoms with Gasteiger partial charge in [-0.15, -0.1) is 0 Å². The molecule has 5 heteroatoms. The average molecular weight is 264 g/mol. The second kappa shape index (κ2) is 6.54. The SMILES string of the molecule is NC(Cc1ccc(OC2CCNCC2)cc1)C(=O)O. The minimum absolute atomic E-state index is 0.272. The Morgan fingerprint density at radius 3 is 2.58 bits per heavy atom. The molecule has 1 aliphatic rings. The maximum Gasteiger partial charge on any atom is 0.320 e. The van der Waals surface area contributed by atoms with Gasteiger partial charge < -0.3 is 20.9 Å². The quantitative estimate of drug-likeness (QED) is 0.731. The molecule has 0 aliphatic carbocycles. The first kappa shape index (κ1) is 13.8. The van der Waals surface area contributed by atoms with Crippen molar-refractivity contribution in [1.29, 1.82) is 0 Å². The number of carboxylic acid groups (broad SMARTS) is 1. The maximum absolute atomic E-state index is 10.7. The fourth-order valence-corrected chi connectivity index (χ4v) is 2.15. The molecule has 1 unspecified atom stereocenters. The molecule has 19 heavy (non-hydrogen) atoms. The van der Waals surface area contributed by atoms with Crippen molar-refractivity contribution in [2.45, 2.75) is 31.4 Å². The van der Waals surface area contributed by atoms with Crippen molar-refractivity contribution < 1.29 is 14.6 Å². The van der Waals surface area contributed by atoms with E-state index in [0.717, 1.165) is 37.2 Å². The lowest BCUT2D eigenvalue weighted by Gasteiger charge is -2.23. The third-order valence-electron chi connectivity index (χ3n) is 3.29. The Morgan fingerprint density at radius 1 is 1.37 bits per heavy atom. The van der Waals surface area contributed by atoms with Crippen molar-refractivity contribution in [3.05, 3.63) is 29.8 Å². The molecule has 5 nitrogen and oxygen atoms in total. The highest BCUT2D eigenvalue weighted by Crippen LogP contribution is 2.18. The predicted octanol–water partition coefficient (Wildman–Crippen LogP) is 0.772. The van der Waals surface area contributed by atoms with Gasteiger partial charge in [-0.2, -0.15) is 0 Å². The molecule has 0 bridgehead atoms. The summed E-state index contributed by atoms with van der Waals surface area (Å²) in [6.45, 7) is 1.99. The van der Waals surface area contributed by atoms with E-state index in [-0.39, 0.29) is 6.10 Å². The zero-order chi connectivity index (χ0) is 13.7. The molecule has 0 amide bonds. The van der Waals surface area contributed by atoms with Crippen molar-refractivity contribution in [3.8, 4) is 5.75 Å². The van der Waals surface area contributed by atoms with Crippen LogP contribution in [0.5, 0.6) is 5.75 Å². The molecule has 1 atom stereocenters. The van der Waals surface area contributed by atoms with E-state index in [2.05, 4.69) is 5.32 Å². The lowest BCUT2D eigenvalue weighted by molar-refractivity contribution is -0.138. The van der Waals surface area contributed by atoms with Crippen LogP contribution in [0.15, 0.2) is 24.3 Å². The van der Waals surface area contributed by atoms with Crippen LogP contribution in [0.1, 0.15) is 18.4 Å². The summed E-state index contributed by atoms with van der Waals surface area (Å²) in [6, 6.07) is 6.66. The maximum atomic E-state index is 10.7. The fourth-order valence-electron chi connectivity index (χ4n) is 2.15. The summed E-state index contributed by atoms with van der Waals surface area (Å²) >= 11 is 0. The number of hydrogen-bond donors (Lipinski definition) is 3. The summed E-state index contributed by atoms with van der Waals surface area (Å²) < 4.78 is 5.88. The molecule has 1 heterocycles. The molecule has 0 radical (unpaired) electrons. The number of ether oxygens (including phenoxy) is 1. The van der Waals surface area contributed by atoms with Gasteiger partial charge in [0.05, 0.1) is 0 Å². The third-order valence-corrected chi connectivity index (χ3v) is 3.29. The first-order chi connectivity index (χ1) is 9.15. The fraction of sp³-hybridized carbons (Fsp3) is 0.500. The first-order valence-corrected chi connectivity index (χ1v) is 6.60. The Kier molecular flexibility index (Phi) is 4.76. The Labute approximate surface area is 112 Å². The van der Waals surface area contributed by atoms with E-state index < -0.39 is 12.0 Å². The summed E-state index contributed by atoms with van der Waals surface area (Å²) in [5.74, 6) is -0.144. The standard InChI is InChI=1S/C14H20N2O3/c15-13(14(17)18)9-10-1-3-11(4-2-10)19-12-5-7-16-8-6-12/h1-4,12-13,16H,5-9,15H2,(H,17,18). The Hall–Kier alpha value is -1.59. The largest absolute Gasteiger partial charge is 0.490 e. The molecule has 0 saturated carbocycles. The van der Waals surface area contributed by atoms with Crippen LogP contribution in [0.3, 0.4) is 0 Å². The summed E-state index contributed by atoms with van der Waals surface area (Å²) in [5.41, 5.74) is 6.41. The first-order valence-electron chi connectivity index (χ1n) is 6.60. The number of nitrogens with one attached hydrogen (secondary N) is 1. The molecule has 1 aromatic carbocycles. The molecule has 0 aromatic heterocycles. The molecular formula is C14H20N2O3. The summed E-state index contributed by atoms with van der Waals surface area (Å²) in [6.07, 6.45) is 2.65. The molecule has 4 N–H and O–H groups in total. The zero-order valence-electron chi connectivity index (χ0n) is 10.8. The number of hydrogen-bond acceptors (Lipinski definition) is 4. The van der Waals surface area contributed by atoms with E-state index in [1.54, 1.807) is 0 Å². The van der Waals surface area contributed by atoms with E-state index in [9.17, 15) is 4.79 Å². The van der Waals surface area contributed by atoms with Gasteiger partial charge in [0.25, 0.3) is 0 Å². The van der Waals surface area contributed by atoms with Gasteiger partial charge in [-0.3, -0.25) is 4.79 Å². The van der Waals surface area contributed by atoms with Crippen molar-refractivity contribution in [3.63, 3.8) is 0 Å². The van der Waals surface area contributed by atoms with E-state index in [4.69, 9.17) is 15.6 Å². The van der Waals surface area contributed by atoms with Gasteiger partial charge in [-0.1, -0.05) is 12.1 Å². The lowest BCUT2D eigenvalue weighted by Crippen LogP contribution is -2.34. The van der Waals surface area contributed by atoms with Crippen LogP contribution in [0.4, 0.5) is 0 Å². The second-order valence-corrected chi connectivity index (χ2v) is 4.86. The lowest BCUT2D eigenvalue weighted by atomic mass is 10.1. The minimum atomic E-state index is -0.977. The highest BCUT2D eigenvalue weighted by molar-refractivity contribution is 5.73. The van der Waals surface area contributed by atoms with Crippen LogP contribution < -0.4 is 15.8 Å². The number of nitrogens with two attached hydrogens (primary N) is 1. The normalized spacial score (nSPS) is 17.9. The Bertz CT molecular complexity index is 413. The molecular weight excluding hydrogens is 244 g/mol. The molecule has 1 aliphatic heterocycles. The van der Waals surface area contributed by atoms with Crippen molar-refractivity contribution >= 4 is 5.97 Å². The van der Waals surface area contributed by atoms with Gasteiger partial charge in [0.15, 0.2) is 0 Å².